The highest BCUT2D eigenvalue weighted by molar-refractivity contribution is 6.06. The lowest BCUT2D eigenvalue weighted by Gasteiger charge is -2.34. The monoisotopic (exact) mass is 211 g/mol. The van der Waals surface area contributed by atoms with E-state index in [1.165, 1.54) is 6.08 Å². The Kier molecular flexibility index (Phi) is 3.17. The molecule has 0 aromatic rings. The molecule has 15 heavy (non-hydrogen) atoms. The van der Waals surface area contributed by atoms with Crippen molar-refractivity contribution in [2.45, 2.75) is 27.2 Å². The van der Waals surface area contributed by atoms with Crippen LogP contribution in [0.5, 0.6) is 0 Å². The third-order valence-electron chi connectivity index (χ3n) is 2.58. The number of ketones is 1. The zero-order chi connectivity index (χ0) is 11.6. The van der Waals surface area contributed by atoms with E-state index in [0.717, 1.165) is 0 Å². The minimum Gasteiger partial charge on any atom is -0.465 e. The molecule has 0 amide bonds. The van der Waals surface area contributed by atoms with Crippen molar-refractivity contribution in [1.29, 1.82) is 0 Å². The van der Waals surface area contributed by atoms with Crippen LogP contribution in [0.15, 0.2) is 11.8 Å². The Bertz CT molecular complexity index is 318. The first kappa shape index (κ1) is 11.8. The van der Waals surface area contributed by atoms with Gasteiger partial charge in [0.15, 0.2) is 5.78 Å². The predicted octanol–water partition coefficient (Wildman–Crippen LogP) is 1.01. The van der Waals surface area contributed by atoms with E-state index in [2.05, 4.69) is 0 Å². The second-order valence-electron chi connectivity index (χ2n) is 4.47. The van der Waals surface area contributed by atoms with E-state index in [1.54, 1.807) is 6.92 Å². The third-order valence-corrected chi connectivity index (χ3v) is 2.58. The molecule has 1 aliphatic carbocycles. The zero-order valence-electron chi connectivity index (χ0n) is 9.37. The fourth-order valence-corrected chi connectivity index (χ4v) is 1.99. The van der Waals surface area contributed by atoms with Crippen molar-refractivity contribution in [3.05, 3.63) is 11.8 Å². The smallest absolute Gasteiger partial charge is 0.317 e. The van der Waals surface area contributed by atoms with Crippen molar-refractivity contribution in [2.75, 3.05) is 6.61 Å². The highest BCUT2D eigenvalue weighted by Crippen LogP contribution is 2.37. The molecule has 1 unspecified atom stereocenters. The van der Waals surface area contributed by atoms with Crippen LogP contribution < -0.4 is 5.73 Å². The Morgan fingerprint density at radius 1 is 1.67 bits per heavy atom. The second kappa shape index (κ2) is 4.04. The molecule has 1 atom stereocenters. The maximum absolute atomic E-state index is 11.7. The summed E-state index contributed by atoms with van der Waals surface area (Å²) in [4.78, 5) is 23.3. The molecule has 84 valence electrons. The van der Waals surface area contributed by atoms with Gasteiger partial charge in [0.2, 0.25) is 0 Å². The number of nitrogens with two attached hydrogens (primary N) is 1. The Morgan fingerprint density at radius 2 is 2.27 bits per heavy atom. The summed E-state index contributed by atoms with van der Waals surface area (Å²) in [5.74, 6) is -1.41. The number of esters is 1. The van der Waals surface area contributed by atoms with Crippen LogP contribution in [0.4, 0.5) is 0 Å². The first-order chi connectivity index (χ1) is 6.88. The van der Waals surface area contributed by atoms with E-state index in [4.69, 9.17) is 10.5 Å². The molecular weight excluding hydrogens is 194 g/mol. The van der Waals surface area contributed by atoms with Crippen LogP contribution in [-0.2, 0) is 14.3 Å². The molecule has 4 nitrogen and oxygen atoms in total. The average Bonchev–Trinajstić information content (AvgIpc) is 1.99. The molecule has 4 heteroatoms. The lowest BCUT2D eigenvalue weighted by Crippen LogP contribution is -2.41. The van der Waals surface area contributed by atoms with E-state index in [9.17, 15) is 9.59 Å². The molecule has 1 rings (SSSR count). The third kappa shape index (κ3) is 2.37. The summed E-state index contributed by atoms with van der Waals surface area (Å²) in [6, 6.07) is 0. The summed E-state index contributed by atoms with van der Waals surface area (Å²) >= 11 is 0. The molecule has 0 bridgehead atoms. The maximum Gasteiger partial charge on any atom is 0.317 e. The number of rotatable bonds is 2. The van der Waals surface area contributed by atoms with E-state index in [-0.39, 0.29) is 12.4 Å². The summed E-state index contributed by atoms with van der Waals surface area (Å²) in [6.45, 7) is 5.72. The Morgan fingerprint density at radius 3 is 2.73 bits per heavy atom. The molecule has 0 saturated heterocycles. The normalized spacial score (nSPS) is 24.6. The van der Waals surface area contributed by atoms with Crippen LogP contribution in [0.25, 0.3) is 0 Å². The minimum absolute atomic E-state index is 0.248. The summed E-state index contributed by atoms with van der Waals surface area (Å²) in [7, 11) is 0. The van der Waals surface area contributed by atoms with E-state index >= 15 is 0 Å². The topological polar surface area (TPSA) is 69.4 Å². The first-order valence-electron chi connectivity index (χ1n) is 5.05. The molecule has 0 aromatic heterocycles. The van der Waals surface area contributed by atoms with Crippen molar-refractivity contribution in [3.63, 3.8) is 0 Å². The molecule has 0 heterocycles. The minimum atomic E-state index is -0.718. The van der Waals surface area contributed by atoms with Gasteiger partial charge >= 0.3 is 5.97 Å². The van der Waals surface area contributed by atoms with Crippen LogP contribution in [-0.4, -0.2) is 18.4 Å². The van der Waals surface area contributed by atoms with Gasteiger partial charge in [-0.3, -0.25) is 9.59 Å². The summed E-state index contributed by atoms with van der Waals surface area (Å²) in [5, 5.41) is 0. The molecular formula is C11H17NO3. The quantitative estimate of drug-likeness (QED) is 0.546. The van der Waals surface area contributed by atoms with Gasteiger partial charge < -0.3 is 10.5 Å². The fourth-order valence-electron chi connectivity index (χ4n) is 1.99. The van der Waals surface area contributed by atoms with Crippen LogP contribution in [0, 0.1) is 11.3 Å². The van der Waals surface area contributed by atoms with Gasteiger partial charge in [-0.1, -0.05) is 13.8 Å². The number of ether oxygens (including phenoxy) is 1. The number of carbonyl (C=O) groups excluding carboxylic acids is 2. The Balaban J connectivity index is 2.96. The van der Waals surface area contributed by atoms with Crippen LogP contribution in [0.2, 0.25) is 0 Å². The number of hydrogen-bond acceptors (Lipinski definition) is 4. The van der Waals surface area contributed by atoms with Crippen LogP contribution >= 0.6 is 0 Å². The lowest BCUT2D eigenvalue weighted by atomic mass is 9.70. The molecule has 0 spiro atoms. The van der Waals surface area contributed by atoms with Gasteiger partial charge in [-0.15, -0.1) is 0 Å². The standard InChI is InChI=1S/C11H17NO3/c1-4-15-10(14)9-8(13)5-7(12)6-11(9,2)3/h5,9H,4,6,12H2,1-3H3. The fraction of sp³-hybridized carbons (Fsp3) is 0.636. The van der Waals surface area contributed by atoms with Gasteiger partial charge in [0, 0.05) is 11.8 Å². The summed E-state index contributed by atoms with van der Waals surface area (Å²) in [5.41, 5.74) is 5.70. The lowest BCUT2D eigenvalue weighted by molar-refractivity contribution is -0.155. The molecule has 1 aliphatic rings. The Labute approximate surface area is 89.5 Å². The number of hydrogen-bond donors (Lipinski definition) is 1. The molecule has 0 saturated carbocycles. The number of allylic oxidation sites excluding steroid dienone is 2. The SMILES string of the molecule is CCOC(=O)C1C(=O)C=C(N)CC1(C)C. The average molecular weight is 211 g/mol. The van der Waals surface area contributed by atoms with Gasteiger partial charge in [0.25, 0.3) is 0 Å². The highest BCUT2D eigenvalue weighted by Gasteiger charge is 2.43. The largest absolute Gasteiger partial charge is 0.465 e. The van der Waals surface area contributed by atoms with E-state index in [0.29, 0.717) is 12.1 Å². The summed E-state index contributed by atoms with van der Waals surface area (Å²) in [6.07, 6.45) is 1.88. The number of carbonyl (C=O) groups is 2. The van der Waals surface area contributed by atoms with Gasteiger partial charge in [0.05, 0.1) is 6.61 Å². The van der Waals surface area contributed by atoms with Crippen molar-refractivity contribution in [1.82, 2.24) is 0 Å². The molecule has 0 fully saturated rings. The van der Waals surface area contributed by atoms with Gasteiger partial charge in [0.1, 0.15) is 5.92 Å². The summed E-state index contributed by atoms with van der Waals surface area (Å²) < 4.78 is 4.89. The molecule has 0 aliphatic heterocycles. The predicted molar refractivity (Wildman–Crippen MR) is 55.8 cm³/mol. The molecule has 0 radical (unpaired) electrons. The van der Waals surface area contributed by atoms with Crippen molar-refractivity contribution < 1.29 is 14.3 Å². The second-order valence-corrected chi connectivity index (χ2v) is 4.47. The van der Waals surface area contributed by atoms with E-state index < -0.39 is 17.3 Å². The molecule has 0 aromatic carbocycles. The first-order valence-corrected chi connectivity index (χ1v) is 5.05. The van der Waals surface area contributed by atoms with Gasteiger partial charge in [-0.25, -0.2) is 0 Å². The van der Waals surface area contributed by atoms with Crippen molar-refractivity contribution in [3.8, 4) is 0 Å². The van der Waals surface area contributed by atoms with E-state index in [1.807, 2.05) is 13.8 Å². The van der Waals surface area contributed by atoms with Gasteiger partial charge in [-0.05, 0) is 18.8 Å². The van der Waals surface area contributed by atoms with Crippen molar-refractivity contribution in [2.24, 2.45) is 17.1 Å². The van der Waals surface area contributed by atoms with Gasteiger partial charge in [-0.2, -0.15) is 0 Å². The van der Waals surface area contributed by atoms with Crippen molar-refractivity contribution >= 4 is 11.8 Å². The molecule has 2 N–H and O–H groups in total. The van der Waals surface area contributed by atoms with Crippen LogP contribution in [0.1, 0.15) is 27.2 Å². The maximum atomic E-state index is 11.7. The van der Waals surface area contributed by atoms with Crippen LogP contribution in [0.3, 0.4) is 0 Å². The Hall–Kier alpha value is -1.32. The zero-order valence-corrected chi connectivity index (χ0v) is 9.37. The highest BCUT2D eigenvalue weighted by atomic mass is 16.5.